The lowest BCUT2D eigenvalue weighted by atomic mass is 9.49. The van der Waals surface area contributed by atoms with Crippen LogP contribution in [0.2, 0.25) is 19.6 Å². The number of hydrogen-bond acceptors (Lipinski definition) is 3. The second kappa shape index (κ2) is 6.58. The molecule has 0 aromatic heterocycles. The van der Waals surface area contributed by atoms with Gasteiger partial charge in [0.25, 0.3) is 0 Å². The van der Waals surface area contributed by atoms with Crippen LogP contribution in [0, 0.1) is 5.92 Å². The summed E-state index contributed by atoms with van der Waals surface area (Å²) in [7, 11) is -1.72. The summed E-state index contributed by atoms with van der Waals surface area (Å²) in [5, 5.41) is 10.4. The van der Waals surface area contributed by atoms with E-state index >= 15 is 0 Å². The summed E-state index contributed by atoms with van der Waals surface area (Å²) in [4.78, 5) is 2.84. The van der Waals surface area contributed by atoms with Crippen LogP contribution in [0.1, 0.15) is 62.5 Å². The van der Waals surface area contributed by atoms with Crippen LogP contribution in [0.4, 0.5) is 0 Å². The quantitative estimate of drug-likeness (QED) is 0.704. The van der Waals surface area contributed by atoms with E-state index in [1.165, 1.54) is 75.6 Å². The second-order valence-corrected chi connectivity index (χ2v) is 15.4. The van der Waals surface area contributed by atoms with Gasteiger partial charge in [0.15, 0.2) is 8.32 Å². The Morgan fingerprint density at radius 2 is 1.89 bits per heavy atom. The van der Waals surface area contributed by atoms with E-state index in [1.807, 2.05) is 6.07 Å². The fourth-order valence-corrected chi connectivity index (χ4v) is 8.57. The molecule has 1 heterocycles. The van der Waals surface area contributed by atoms with Crippen LogP contribution in [0.5, 0.6) is 5.75 Å². The Kier molecular flexibility index (Phi) is 4.50. The molecule has 3 aliphatic carbocycles. The number of phenolic OH excluding ortho intramolecular Hbond substituents is 1. The van der Waals surface area contributed by atoms with Crippen molar-refractivity contribution in [2.24, 2.45) is 5.92 Å². The Hall–Kier alpha value is -0.843. The summed E-state index contributed by atoms with van der Waals surface area (Å²) in [6, 6.07) is 6.71. The van der Waals surface area contributed by atoms with Crippen molar-refractivity contribution >= 4 is 8.32 Å². The molecule has 1 aliphatic heterocycles. The van der Waals surface area contributed by atoms with Crippen LogP contribution < -0.4 is 0 Å². The number of hydrogen-bond donors (Lipinski definition) is 1. The number of likely N-dealkylation sites (tertiary alicyclic amines) is 1. The zero-order valence-corrected chi connectivity index (χ0v) is 19.0. The third kappa shape index (κ3) is 2.82. The number of fused-ring (bicyclic) bond motifs is 1. The van der Waals surface area contributed by atoms with E-state index in [9.17, 15) is 5.11 Å². The Balaban J connectivity index is 1.64. The Labute approximate surface area is 171 Å². The Bertz CT molecular complexity index is 755. The van der Waals surface area contributed by atoms with Gasteiger partial charge in [-0.3, -0.25) is 4.90 Å². The molecular formula is C24H37NO2Si. The summed E-state index contributed by atoms with van der Waals surface area (Å²) >= 11 is 0. The number of rotatable bonds is 4. The average Bonchev–Trinajstić information content (AvgIpc) is 2.58. The molecule has 5 rings (SSSR count). The normalized spacial score (nSPS) is 35.8. The van der Waals surface area contributed by atoms with Crippen molar-refractivity contribution in [2.45, 2.75) is 94.5 Å². The van der Waals surface area contributed by atoms with Crippen molar-refractivity contribution < 1.29 is 9.53 Å². The first-order valence-corrected chi connectivity index (χ1v) is 15.0. The van der Waals surface area contributed by atoms with Gasteiger partial charge >= 0.3 is 0 Å². The highest BCUT2D eigenvalue weighted by Crippen LogP contribution is 2.61. The van der Waals surface area contributed by atoms with E-state index in [1.54, 1.807) is 0 Å². The van der Waals surface area contributed by atoms with E-state index < -0.39 is 8.32 Å². The minimum Gasteiger partial charge on any atom is -0.508 e. The fourth-order valence-electron chi connectivity index (χ4n) is 7.05. The van der Waals surface area contributed by atoms with Gasteiger partial charge in [0, 0.05) is 18.0 Å². The number of nitrogens with zero attached hydrogens (tertiary/aromatic N) is 1. The summed E-state index contributed by atoms with van der Waals surface area (Å²) in [6.45, 7) is 9.58. The highest BCUT2D eigenvalue weighted by molar-refractivity contribution is 6.69. The summed E-state index contributed by atoms with van der Waals surface area (Å²) in [6.07, 6.45) is 11.5. The Morgan fingerprint density at radius 3 is 2.61 bits per heavy atom. The summed E-state index contributed by atoms with van der Waals surface area (Å²) in [5.74, 6) is 1.33. The minimum absolute atomic E-state index is 0.0570. The molecule has 4 aliphatic rings. The van der Waals surface area contributed by atoms with E-state index in [-0.39, 0.29) is 11.0 Å². The predicted octanol–water partition coefficient (Wildman–Crippen LogP) is 5.22. The topological polar surface area (TPSA) is 32.7 Å². The number of benzene rings is 1. The lowest BCUT2D eigenvalue weighted by molar-refractivity contribution is -0.157. The van der Waals surface area contributed by atoms with Crippen LogP contribution in [-0.4, -0.2) is 43.1 Å². The largest absolute Gasteiger partial charge is 0.508 e. The van der Waals surface area contributed by atoms with Gasteiger partial charge in [0.1, 0.15) is 5.75 Å². The van der Waals surface area contributed by atoms with Gasteiger partial charge in [0.2, 0.25) is 0 Å². The fraction of sp³-hybridized carbons (Fsp3) is 0.750. The highest BCUT2D eigenvalue weighted by atomic mass is 28.4. The number of piperidine rings is 1. The molecule has 28 heavy (non-hydrogen) atoms. The van der Waals surface area contributed by atoms with Crippen molar-refractivity contribution in [2.75, 3.05) is 13.1 Å². The second-order valence-electron chi connectivity index (χ2n) is 11.0. The highest BCUT2D eigenvalue weighted by Gasteiger charge is 2.65. The van der Waals surface area contributed by atoms with Gasteiger partial charge in [0.05, 0.1) is 5.60 Å². The van der Waals surface area contributed by atoms with Crippen molar-refractivity contribution in [3.63, 3.8) is 0 Å². The molecule has 154 valence electrons. The maximum atomic E-state index is 10.4. The molecule has 3 nitrogen and oxygen atoms in total. The van der Waals surface area contributed by atoms with Crippen LogP contribution in [0.3, 0.4) is 0 Å². The van der Waals surface area contributed by atoms with E-state index in [0.29, 0.717) is 11.8 Å². The third-order valence-electron chi connectivity index (χ3n) is 8.24. The van der Waals surface area contributed by atoms with Gasteiger partial charge in [-0.15, -0.1) is 0 Å². The average molecular weight is 400 g/mol. The van der Waals surface area contributed by atoms with Crippen molar-refractivity contribution in [3.05, 3.63) is 29.3 Å². The molecule has 4 heteroatoms. The molecule has 0 spiro atoms. The first-order valence-electron chi connectivity index (χ1n) is 11.6. The maximum Gasteiger partial charge on any atom is 0.184 e. The summed E-state index contributed by atoms with van der Waals surface area (Å²) in [5.41, 5.74) is 2.93. The summed E-state index contributed by atoms with van der Waals surface area (Å²) < 4.78 is 7.30. The van der Waals surface area contributed by atoms with E-state index in [4.69, 9.17) is 4.43 Å². The van der Waals surface area contributed by atoms with Gasteiger partial charge in [-0.1, -0.05) is 25.3 Å². The smallest absolute Gasteiger partial charge is 0.184 e. The zero-order chi connectivity index (χ0) is 19.6. The molecule has 1 N–H and O–H groups in total. The maximum absolute atomic E-state index is 10.4. The van der Waals surface area contributed by atoms with Crippen LogP contribution in [0.25, 0.3) is 0 Å². The standard InChI is InChI=1S/C24H37NO2Si/c1-28(2,3)27-24-12-5-4-11-23(24)13-14-25(17-18-7-6-8-18)22(24)15-19-9-10-20(26)16-21(19)23/h9-10,16,18,22,26H,4-8,11-15,17H2,1-3H3. The van der Waals surface area contributed by atoms with Gasteiger partial charge in [-0.05, 0) is 93.9 Å². The molecule has 2 bridgehead atoms. The van der Waals surface area contributed by atoms with Crippen molar-refractivity contribution in [3.8, 4) is 5.75 Å². The zero-order valence-electron chi connectivity index (χ0n) is 18.0. The van der Waals surface area contributed by atoms with Gasteiger partial charge < -0.3 is 9.53 Å². The van der Waals surface area contributed by atoms with Gasteiger partial charge in [-0.2, -0.15) is 0 Å². The van der Waals surface area contributed by atoms with Crippen LogP contribution in [-0.2, 0) is 16.3 Å². The third-order valence-corrected chi connectivity index (χ3v) is 9.22. The molecule has 2 saturated carbocycles. The molecule has 1 aromatic carbocycles. The first kappa shape index (κ1) is 19.1. The minimum atomic E-state index is -1.72. The number of aromatic hydroxyl groups is 1. The molecule has 3 fully saturated rings. The number of phenols is 1. The monoisotopic (exact) mass is 399 g/mol. The molecular weight excluding hydrogens is 362 g/mol. The van der Waals surface area contributed by atoms with Crippen molar-refractivity contribution in [1.29, 1.82) is 0 Å². The SMILES string of the molecule is C[Si](C)(C)OC12CCCCC13CCN(CC1CCC1)C2Cc1ccc(O)cc13. The first-order chi connectivity index (χ1) is 13.3. The molecule has 3 unspecified atom stereocenters. The molecule has 0 amide bonds. The molecule has 1 saturated heterocycles. The lowest BCUT2D eigenvalue weighted by Gasteiger charge is -2.67. The Morgan fingerprint density at radius 1 is 1.11 bits per heavy atom. The predicted molar refractivity (Wildman–Crippen MR) is 116 cm³/mol. The molecule has 0 radical (unpaired) electrons. The van der Waals surface area contributed by atoms with Crippen molar-refractivity contribution in [1.82, 2.24) is 4.90 Å². The molecule has 3 atom stereocenters. The van der Waals surface area contributed by atoms with Crippen LogP contribution in [0.15, 0.2) is 18.2 Å². The lowest BCUT2D eigenvalue weighted by Crippen LogP contribution is -2.75. The molecule has 1 aromatic rings. The van der Waals surface area contributed by atoms with E-state index in [2.05, 4.69) is 36.7 Å². The van der Waals surface area contributed by atoms with Gasteiger partial charge in [-0.25, -0.2) is 0 Å². The van der Waals surface area contributed by atoms with E-state index in [0.717, 1.165) is 12.3 Å². The van der Waals surface area contributed by atoms with Crippen LogP contribution >= 0.6 is 0 Å².